The summed E-state index contributed by atoms with van der Waals surface area (Å²) in [6.45, 7) is 13.1. The standard InChI is InChI=1S/C15H23N/c1-5-12(3)9-15-8-7-14(10-13(15)4)11-16-6-2/h6-8,14,16H,2-3,5,9-11H2,1,4H3. The lowest BCUT2D eigenvalue weighted by molar-refractivity contribution is 0.597. The molecule has 0 saturated heterocycles. The van der Waals surface area contributed by atoms with Crippen molar-refractivity contribution < 1.29 is 0 Å². The van der Waals surface area contributed by atoms with Gasteiger partial charge in [0, 0.05) is 6.54 Å². The Morgan fingerprint density at radius 2 is 2.38 bits per heavy atom. The van der Waals surface area contributed by atoms with E-state index in [9.17, 15) is 0 Å². The second-order valence-corrected chi connectivity index (χ2v) is 4.52. The summed E-state index contributed by atoms with van der Waals surface area (Å²) in [6.07, 6.45) is 9.62. The first-order valence-corrected chi connectivity index (χ1v) is 6.05. The van der Waals surface area contributed by atoms with Crippen molar-refractivity contribution in [3.63, 3.8) is 0 Å². The van der Waals surface area contributed by atoms with Crippen LogP contribution in [0.15, 0.2) is 48.2 Å². The van der Waals surface area contributed by atoms with Crippen LogP contribution in [0, 0.1) is 5.92 Å². The van der Waals surface area contributed by atoms with Gasteiger partial charge >= 0.3 is 0 Å². The van der Waals surface area contributed by atoms with Gasteiger partial charge in [-0.1, -0.05) is 43.4 Å². The summed E-state index contributed by atoms with van der Waals surface area (Å²) in [5.74, 6) is 0.608. The Bertz CT molecular complexity index is 320. The Hall–Kier alpha value is -1.24. The molecule has 0 radical (unpaired) electrons. The molecule has 0 saturated carbocycles. The van der Waals surface area contributed by atoms with Crippen LogP contribution in [0.1, 0.15) is 33.1 Å². The second-order valence-electron chi connectivity index (χ2n) is 4.52. The molecule has 0 aromatic rings. The Labute approximate surface area is 99.6 Å². The molecule has 1 N–H and O–H groups in total. The molecule has 1 aliphatic carbocycles. The molecule has 0 aromatic heterocycles. The average molecular weight is 217 g/mol. The van der Waals surface area contributed by atoms with E-state index in [4.69, 9.17) is 0 Å². The van der Waals surface area contributed by atoms with Crippen molar-refractivity contribution in [1.82, 2.24) is 5.32 Å². The number of nitrogens with one attached hydrogen (secondary N) is 1. The fourth-order valence-electron chi connectivity index (χ4n) is 1.97. The summed E-state index contributed by atoms with van der Waals surface area (Å²) in [7, 11) is 0. The van der Waals surface area contributed by atoms with Crippen LogP contribution >= 0.6 is 0 Å². The second kappa shape index (κ2) is 6.37. The quantitative estimate of drug-likeness (QED) is 0.664. The third kappa shape index (κ3) is 3.73. The molecule has 1 heteroatoms. The summed E-state index contributed by atoms with van der Waals surface area (Å²) < 4.78 is 0. The van der Waals surface area contributed by atoms with Crippen molar-refractivity contribution in [3.8, 4) is 0 Å². The third-order valence-electron chi connectivity index (χ3n) is 3.15. The highest BCUT2D eigenvalue weighted by Gasteiger charge is 2.13. The van der Waals surface area contributed by atoms with Gasteiger partial charge in [-0.2, -0.15) is 0 Å². The van der Waals surface area contributed by atoms with Gasteiger partial charge in [0.25, 0.3) is 0 Å². The van der Waals surface area contributed by atoms with Crippen molar-refractivity contribution in [3.05, 3.63) is 48.2 Å². The SMILES string of the molecule is C=CNCC1C=CC(CC(=C)CC)=C(C)C1. The Kier molecular flexibility index (Phi) is 5.10. The minimum absolute atomic E-state index is 0.608. The molecular formula is C15H23N. The molecule has 1 unspecified atom stereocenters. The Balaban J connectivity index is 2.54. The van der Waals surface area contributed by atoms with Gasteiger partial charge in [-0.25, -0.2) is 0 Å². The third-order valence-corrected chi connectivity index (χ3v) is 3.15. The monoisotopic (exact) mass is 217 g/mol. The summed E-state index contributed by atoms with van der Waals surface area (Å²) >= 11 is 0. The van der Waals surface area contributed by atoms with Crippen LogP contribution in [0.2, 0.25) is 0 Å². The van der Waals surface area contributed by atoms with Crippen molar-refractivity contribution in [2.45, 2.75) is 33.1 Å². The van der Waals surface area contributed by atoms with Crippen LogP contribution in [-0.2, 0) is 0 Å². The number of rotatable bonds is 6. The van der Waals surface area contributed by atoms with Gasteiger partial charge in [0.2, 0.25) is 0 Å². The average Bonchev–Trinajstić information content (AvgIpc) is 2.29. The van der Waals surface area contributed by atoms with E-state index < -0.39 is 0 Å². The zero-order valence-electron chi connectivity index (χ0n) is 10.6. The van der Waals surface area contributed by atoms with E-state index in [2.05, 4.69) is 44.5 Å². The molecule has 0 heterocycles. The highest BCUT2D eigenvalue weighted by molar-refractivity contribution is 5.33. The fraction of sp³-hybridized carbons (Fsp3) is 0.467. The van der Waals surface area contributed by atoms with Crippen molar-refractivity contribution in [2.75, 3.05) is 6.54 Å². The maximum absolute atomic E-state index is 4.08. The van der Waals surface area contributed by atoms with Gasteiger partial charge in [0.1, 0.15) is 0 Å². The molecule has 1 rings (SSSR count). The number of hydrogen-bond acceptors (Lipinski definition) is 1. The van der Waals surface area contributed by atoms with E-state index in [1.165, 1.54) is 16.7 Å². The van der Waals surface area contributed by atoms with Gasteiger partial charge in [0.05, 0.1) is 0 Å². The molecule has 1 nitrogen and oxygen atoms in total. The normalized spacial score (nSPS) is 19.8. The zero-order chi connectivity index (χ0) is 12.0. The summed E-state index contributed by atoms with van der Waals surface area (Å²) in [5, 5.41) is 3.18. The van der Waals surface area contributed by atoms with Crippen LogP contribution < -0.4 is 5.32 Å². The van der Waals surface area contributed by atoms with E-state index in [1.54, 1.807) is 6.20 Å². The van der Waals surface area contributed by atoms with E-state index >= 15 is 0 Å². The molecule has 0 amide bonds. The van der Waals surface area contributed by atoms with Crippen LogP contribution in [0.25, 0.3) is 0 Å². The summed E-state index contributed by atoms with van der Waals surface area (Å²) in [5.41, 5.74) is 4.29. The minimum atomic E-state index is 0.608. The predicted molar refractivity (Wildman–Crippen MR) is 72.2 cm³/mol. The lowest BCUT2D eigenvalue weighted by Crippen LogP contribution is -2.18. The van der Waals surface area contributed by atoms with Crippen molar-refractivity contribution >= 4 is 0 Å². The predicted octanol–water partition coefficient (Wildman–Crippen LogP) is 3.97. The number of hydrogen-bond donors (Lipinski definition) is 1. The van der Waals surface area contributed by atoms with E-state index in [-0.39, 0.29) is 0 Å². The van der Waals surface area contributed by atoms with Crippen LogP contribution in [-0.4, -0.2) is 6.54 Å². The maximum Gasteiger partial charge on any atom is 0.0207 e. The summed E-state index contributed by atoms with van der Waals surface area (Å²) in [4.78, 5) is 0. The van der Waals surface area contributed by atoms with Gasteiger partial charge in [-0.15, -0.1) is 0 Å². The molecule has 1 aliphatic rings. The van der Waals surface area contributed by atoms with Crippen LogP contribution in [0.3, 0.4) is 0 Å². The zero-order valence-corrected chi connectivity index (χ0v) is 10.6. The first-order chi connectivity index (χ1) is 7.67. The molecule has 0 fully saturated rings. The first-order valence-electron chi connectivity index (χ1n) is 6.05. The topological polar surface area (TPSA) is 12.0 Å². The van der Waals surface area contributed by atoms with E-state index in [1.807, 2.05) is 0 Å². The van der Waals surface area contributed by atoms with Gasteiger partial charge < -0.3 is 5.32 Å². The maximum atomic E-state index is 4.08. The summed E-state index contributed by atoms with van der Waals surface area (Å²) in [6, 6.07) is 0. The van der Waals surface area contributed by atoms with Gasteiger partial charge in [-0.3, -0.25) is 0 Å². The highest BCUT2D eigenvalue weighted by Crippen LogP contribution is 2.27. The van der Waals surface area contributed by atoms with Crippen LogP contribution in [0.5, 0.6) is 0 Å². The minimum Gasteiger partial charge on any atom is -0.391 e. The van der Waals surface area contributed by atoms with Crippen molar-refractivity contribution in [1.29, 1.82) is 0 Å². The molecule has 16 heavy (non-hydrogen) atoms. The van der Waals surface area contributed by atoms with E-state index in [0.29, 0.717) is 5.92 Å². The van der Waals surface area contributed by atoms with Gasteiger partial charge in [-0.05, 0) is 43.9 Å². The van der Waals surface area contributed by atoms with Crippen molar-refractivity contribution in [2.24, 2.45) is 5.92 Å². The fourth-order valence-corrected chi connectivity index (χ4v) is 1.97. The Morgan fingerprint density at radius 1 is 1.62 bits per heavy atom. The van der Waals surface area contributed by atoms with E-state index in [0.717, 1.165) is 25.8 Å². The molecule has 88 valence electrons. The highest BCUT2D eigenvalue weighted by atomic mass is 14.8. The Morgan fingerprint density at radius 3 is 2.94 bits per heavy atom. The van der Waals surface area contributed by atoms with Gasteiger partial charge in [0.15, 0.2) is 0 Å². The number of allylic oxidation sites excluding steroid dienone is 4. The lowest BCUT2D eigenvalue weighted by atomic mass is 9.87. The molecular weight excluding hydrogens is 194 g/mol. The molecule has 0 bridgehead atoms. The molecule has 1 atom stereocenters. The largest absolute Gasteiger partial charge is 0.391 e. The first kappa shape index (κ1) is 12.8. The lowest BCUT2D eigenvalue weighted by Gasteiger charge is -2.21. The smallest absolute Gasteiger partial charge is 0.0207 e. The van der Waals surface area contributed by atoms with Crippen LogP contribution in [0.4, 0.5) is 0 Å². The molecule has 0 spiro atoms. The molecule has 0 aliphatic heterocycles. The molecule has 0 aromatic carbocycles.